The van der Waals surface area contributed by atoms with Crippen LogP contribution in [0.2, 0.25) is 13.3 Å². The summed E-state index contributed by atoms with van der Waals surface area (Å²) < 4.78 is 22.3. The second kappa shape index (κ2) is 14.0. The van der Waals surface area contributed by atoms with Crippen LogP contribution in [-0.4, -0.2) is 48.5 Å². The van der Waals surface area contributed by atoms with Gasteiger partial charge in [0.15, 0.2) is 0 Å². The molecule has 0 N–H and O–H groups in total. The molecule has 0 saturated carbocycles. The summed E-state index contributed by atoms with van der Waals surface area (Å²) in [5, 5.41) is 0. The molecule has 0 aromatic carbocycles. The maximum absolute atomic E-state index is 12.1. The van der Waals surface area contributed by atoms with Gasteiger partial charge in [-0.1, -0.05) is 0 Å². The van der Waals surface area contributed by atoms with E-state index in [-0.39, 0.29) is 18.0 Å². The SMILES string of the molecule is CCCCC1(CCCC)[O][Sn]([CH2]CCC)([CH2]CCC)[CH2]C(OC(C)=O)C1OC(C)=O. The van der Waals surface area contributed by atoms with Gasteiger partial charge in [-0.2, -0.15) is 0 Å². The molecule has 1 aliphatic heterocycles. The summed E-state index contributed by atoms with van der Waals surface area (Å²) in [7, 11) is 0. The molecule has 1 aliphatic rings. The Bertz CT molecular complexity index is 506. The van der Waals surface area contributed by atoms with Gasteiger partial charge in [-0.25, -0.2) is 0 Å². The van der Waals surface area contributed by atoms with E-state index >= 15 is 0 Å². The van der Waals surface area contributed by atoms with Crippen molar-refractivity contribution in [2.24, 2.45) is 0 Å². The van der Waals surface area contributed by atoms with Crippen LogP contribution >= 0.6 is 0 Å². The summed E-state index contributed by atoms with van der Waals surface area (Å²) in [5.41, 5.74) is -0.506. The van der Waals surface area contributed by atoms with Crippen LogP contribution in [0.3, 0.4) is 0 Å². The third-order valence-electron chi connectivity index (χ3n) is 6.34. The van der Waals surface area contributed by atoms with E-state index < -0.39 is 30.5 Å². The van der Waals surface area contributed by atoms with Crippen LogP contribution in [0.1, 0.15) is 106 Å². The number of carbonyl (C=O) groups excluding carboxylic acids is 2. The third-order valence-corrected chi connectivity index (χ3v) is 19.2. The fourth-order valence-corrected chi connectivity index (χ4v) is 19.6. The van der Waals surface area contributed by atoms with Crippen molar-refractivity contribution in [1.82, 2.24) is 0 Å². The number of hydrogen-bond donors (Lipinski definition) is 0. The molecule has 0 aromatic rings. The van der Waals surface area contributed by atoms with Gasteiger partial charge in [0.1, 0.15) is 0 Å². The zero-order valence-corrected chi connectivity index (χ0v) is 23.2. The Hall–Kier alpha value is -0.301. The van der Waals surface area contributed by atoms with E-state index in [0.29, 0.717) is 0 Å². The van der Waals surface area contributed by atoms with Gasteiger partial charge < -0.3 is 0 Å². The standard InChI is InChI=1S/C16H28O5.2C4H9.Sn/c1-6-8-10-16(19,11-9-7-2)15(21-14(5)18)12(3)20-13(4)17;2*1-3-4-2;/h12,15H,3,6-11H2,1-2,4-5H3;2*1,3-4H2,2H3;/q-1;;;+1. The van der Waals surface area contributed by atoms with E-state index in [1.807, 2.05) is 0 Å². The summed E-state index contributed by atoms with van der Waals surface area (Å²) in [6.07, 6.45) is 9.70. The van der Waals surface area contributed by atoms with Crippen LogP contribution in [0.5, 0.6) is 0 Å². The van der Waals surface area contributed by atoms with Crippen molar-refractivity contribution < 1.29 is 22.1 Å². The fourth-order valence-electron chi connectivity index (χ4n) is 4.91. The molecular weight excluding hydrogens is 487 g/mol. The van der Waals surface area contributed by atoms with E-state index in [4.69, 9.17) is 12.5 Å². The number of unbranched alkanes of at least 4 members (excludes halogenated alkanes) is 4. The van der Waals surface area contributed by atoms with Gasteiger partial charge in [-0.05, 0) is 0 Å². The summed E-state index contributed by atoms with van der Waals surface area (Å²) in [6.45, 7) is 11.8. The minimum absolute atomic E-state index is 0.287. The van der Waals surface area contributed by atoms with Crippen LogP contribution in [-0.2, 0) is 22.1 Å². The summed E-state index contributed by atoms with van der Waals surface area (Å²) in [4.78, 5) is 24.1. The van der Waals surface area contributed by atoms with E-state index in [9.17, 15) is 9.59 Å². The first-order chi connectivity index (χ1) is 14.3. The van der Waals surface area contributed by atoms with Gasteiger partial charge >= 0.3 is 190 Å². The molecular formula is C24H46O5Sn. The van der Waals surface area contributed by atoms with Gasteiger partial charge in [0.25, 0.3) is 0 Å². The average Bonchev–Trinajstić information content (AvgIpc) is 2.69. The summed E-state index contributed by atoms with van der Waals surface area (Å²) in [6, 6.07) is 0. The normalized spacial score (nSPS) is 22.5. The quantitative estimate of drug-likeness (QED) is 0.187. The molecule has 1 heterocycles. The number of esters is 2. The summed E-state index contributed by atoms with van der Waals surface area (Å²) >= 11 is -3.08. The Labute approximate surface area is 189 Å². The van der Waals surface area contributed by atoms with Crippen molar-refractivity contribution in [3.63, 3.8) is 0 Å². The van der Waals surface area contributed by atoms with E-state index in [2.05, 4.69) is 27.7 Å². The van der Waals surface area contributed by atoms with Crippen molar-refractivity contribution in [2.45, 2.75) is 137 Å². The topological polar surface area (TPSA) is 61.8 Å². The molecule has 2 unspecified atom stereocenters. The molecule has 5 nitrogen and oxygen atoms in total. The molecule has 1 rings (SSSR count). The predicted octanol–water partition coefficient (Wildman–Crippen LogP) is 6.54. The number of rotatable bonds is 14. The first-order valence-electron chi connectivity index (χ1n) is 12.3. The van der Waals surface area contributed by atoms with E-state index in [0.717, 1.165) is 64.7 Å². The van der Waals surface area contributed by atoms with E-state index in [1.54, 1.807) is 0 Å². The van der Waals surface area contributed by atoms with Crippen LogP contribution in [0, 0.1) is 0 Å². The molecule has 1 saturated heterocycles. The maximum atomic E-state index is 12.1. The van der Waals surface area contributed by atoms with E-state index in [1.165, 1.54) is 26.7 Å². The van der Waals surface area contributed by atoms with Crippen LogP contribution in [0.25, 0.3) is 0 Å². The Kier molecular flexibility index (Phi) is 12.9. The monoisotopic (exact) mass is 534 g/mol. The Morgan fingerprint density at radius 3 is 1.70 bits per heavy atom. The predicted molar refractivity (Wildman–Crippen MR) is 124 cm³/mol. The van der Waals surface area contributed by atoms with Gasteiger partial charge in [0.2, 0.25) is 0 Å². The summed E-state index contributed by atoms with van der Waals surface area (Å²) in [5.74, 6) is -0.604. The molecule has 0 aromatic heterocycles. The minimum atomic E-state index is -3.08. The molecule has 30 heavy (non-hydrogen) atoms. The van der Waals surface area contributed by atoms with Crippen LogP contribution < -0.4 is 0 Å². The molecule has 0 bridgehead atoms. The Morgan fingerprint density at radius 2 is 1.30 bits per heavy atom. The van der Waals surface area contributed by atoms with Crippen molar-refractivity contribution in [2.75, 3.05) is 0 Å². The van der Waals surface area contributed by atoms with Crippen molar-refractivity contribution in [3.05, 3.63) is 0 Å². The molecule has 0 aliphatic carbocycles. The van der Waals surface area contributed by atoms with Gasteiger partial charge in [0, 0.05) is 0 Å². The molecule has 2 atom stereocenters. The number of hydrogen-bond acceptors (Lipinski definition) is 5. The zero-order chi connectivity index (χ0) is 22.6. The Morgan fingerprint density at radius 1 is 0.833 bits per heavy atom. The number of ether oxygens (including phenoxy) is 2. The zero-order valence-electron chi connectivity index (χ0n) is 20.4. The molecule has 0 amide bonds. The van der Waals surface area contributed by atoms with Crippen molar-refractivity contribution in [3.8, 4) is 0 Å². The second-order valence-electron chi connectivity index (χ2n) is 9.15. The molecule has 176 valence electrons. The average molecular weight is 533 g/mol. The first-order valence-corrected chi connectivity index (χ1v) is 19.5. The molecule has 0 spiro atoms. The third kappa shape index (κ3) is 8.33. The van der Waals surface area contributed by atoms with Gasteiger partial charge in [0.05, 0.1) is 0 Å². The first kappa shape index (κ1) is 27.7. The Balaban J connectivity index is 3.47. The fraction of sp³-hybridized carbons (Fsp3) is 0.917. The van der Waals surface area contributed by atoms with Crippen LogP contribution in [0.15, 0.2) is 0 Å². The molecule has 0 radical (unpaired) electrons. The van der Waals surface area contributed by atoms with Crippen LogP contribution in [0.4, 0.5) is 0 Å². The van der Waals surface area contributed by atoms with Crippen molar-refractivity contribution >= 4 is 30.7 Å². The molecule has 1 fully saturated rings. The molecule has 6 heteroatoms. The van der Waals surface area contributed by atoms with Gasteiger partial charge in [-0.3, -0.25) is 0 Å². The van der Waals surface area contributed by atoms with Crippen molar-refractivity contribution in [1.29, 1.82) is 0 Å². The second-order valence-corrected chi connectivity index (χ2v) is 20.5. The number of carbonyl (C=O) groups is 2. The van der Waals surface area contributed by atoms with Gasteiger partial charge in [-0.15, -0.1) is 0 Å².